The molecular weight excluding hydrogens is 239 g/mol. The summed E-state index contributed by atoms with van der Waals surface area (Å²) in [4.78, 5) is 0.789. The van der Waals surface area contributed by atoms with Crippen LogP contribution in [0.3, 0.4) is 0 Å². The van der Waals surface area contributed by atoms with Crippen LogP contribution in [0.5, 0.6) is 0 Å². The summed E-state index contributed by atoms with van der Waals surface area (Å²) < 4.78 is 1.11. The highest BCUT2D eigenvalue weighted by Crippen LogP contribution is 2.27. The Morgan fingerprint density at radius 1 is 1.36 bits per heavy atom. The molecule has 2 nitrogen and oxygen atoms in total. The molecule has 1 aromatic carbocycles. The van der Waals surface area contributed by atoms with Gasteiger partial charge in [-0.3, -0.25) is 5.41 Å². The van der Waals surface area contributed by atoms with Crippen LogP contribution in [-0.4, -0.2) is 5.84 Å². The molecule has 0 aliphatic rings. The van der Waals surface area contributed by atoms with E-state index in [-0.39, 0.29) is 18.2 Å². The minimum atomic E-state index is 0. The second-order valence-electron chi connectivity index (χ2n) is 2.71. The van der Waals surface area contributed by atoms with Crippen molar-refractivity contribution < 1.29 is 0 Å². The molecule has 0 bridgehead atoms. The maximum Gasteiger partial charge on any atom is 0.133 e. The van der Waals surface area contributed by atoms with Crippen molar-refractivity contribution in [2.45, 2.75) is 0 Å². The molecule has 14 heavy (non-hydrogen) atoms. The van der Waals surface area contributed by atoms with Gasteiger partial charge in [0.2, 0.25) is 0 Å². The zero-order valence-corrected chi connectivity index (χ0v) is 9.47. The highest BCUT2D eigenvalue weighted by molar-refractivity contribution is 7.20. The predicted molar refractivity (Wildman–Crippen MR) is 65.1 cm³/mol. The first-order valence-corrected chi connectivity index (χ1v) is 4.90. The summed E-state index contributed by atoms with van der Waals surface area (Å²) in [6, 6.07) is 7.53. The summed E-state index contributed by atoms with van der Waals surface area (Å²) in [6.45, 7) is 0. The molecule has 0 atom stereocenters. The van der Waals surface area contributed by atoms with Crippen LogP contribution in [0.25, 0.3) is 10.1 Å². The Balaban J connectivity index is 0.000000980. The molecule has 1 aromatic heterocycles. The molecule has 0 unspecified atom stereocenters. The molecule has 0 saturated heterocycles. The monoisotopic (exact) mass is 246 g/mol. The van der Waals surface area contributed by atoms with Crippen molar-refractivity contribution in [3.05, 3.63) is 34.2 Å². The van der Waals surface area contributed by atoms with Crippen LogP contribution in [0.1, 0.15) is 4.88 Å². The van der Waals surface area contributed by atoms with Crippen molar-refractivity contribution in [3.8, 4) is 0 Å². The summed E-state index contributed by atoms with van der Waals surface area (Å²) in [5.41, 5.74) is 5.38. The Morgan fingerprint density at radius 3 is 2.71 bits per heavy atom. The third kappa shape index (κ3) is 2.00. The zero-order valence-electron chi connectivity index (χ0n) is 7.08. The highest BCUT2D eigenvalue weighted by atomic mass is 35.5. The fourth-order valence-electron chi connectivity index (χ4n) is 1.15. The molecule has 2 rings (SSSR count). The van der Waals surface area contributed by atoms with Gasteiger partial charge in [0.15, 0.2) is 0 Å². The van der Waals surface area contributed by atoms with Crippen molar-refractivity contribution in [2.24, 2.45) is 5.73 Å². The standard InChI is InChI=1S/C9H7ClN2S.ClH/c10-6-1-2-7-5(3-6)4-8(13-7)9(11)12;/h1-4H,(H3,11,12);1H. The minimum absolute atomic E-state index is 0. The van der Waals surface area contributed by atoms with Gasteiger partial charge in [-0.2, -0.15) is 0 Å². The minimum Gasteiger partial charge on any atom is -0.383 e. The Morgan fingerprint density at radius 2 is 2.07 bits per heavy atom. The Hall–Kier alpha value is -0.770. The lowest BCUT2D eigenvalue weighted by Crippen LogP contribution is -2.08. The van der Waals surface area contributed by atoms with Crippen LogP contribution in [0.15, 0.2) is 24.3 Å². The molecule has 0 radical (unpaired) electrons. The first-order valence-electron chi connectivity index (χ1n) is 3.70. The van der Waals surface area contributed by atoms with E-state index < -0.39 is 0 Å². The van der Waals surface area contributed by atoms with E-state index in [2.05, 4.69) is 0 Å². The molecule has 5 heteroatoms. The number of halogens is 2. The maximum absolute atomic E-state index is 7.28. The lowest BCUT2D eigenvalue weighted by Gasteiger charge is -1.87. The van der Waals surface area contributed by atoms with E-state index in [0.717, 1.165) is 15.0 Å². The lowest BCUT2D eigenvalue weighted by molar-refractivity contribution is 1.46. The number of thiophene rings is 1. The molecule has 74 valence electrons. The molecule has 1 heterocycles. The van der Waals surface area contributed by atoms with Crippen molar-refractivity contribution in [1.82, 2.24) is 0 Å². The van der Waals surface area contributed by atoms with Crippen LogP contribution >= 0.6 is 35.3 Å². The number of nitrogens with two attached hydrogens (primary N) is 1. The molecule has 0 aliphatic heterocycles. The molecule has 3 N–H and O–H groups in total. The molecule has 0 amide bonds. The SMILES string of the molecule is Cl.N=C(N)c1cc2cc(Cl)ccc2s1. The lowest BCUT2D eigenvalue weighted by atomic mass is 10.2. The molecule has 0 spiro atoms. The Kier molecular flexibility index (Phi) is 3.37. The maximum atomic E-state index is 7.28. The fourth-order valence-corrected chi connectivity index (χ4v) is 2.23. The first-order chi connectivity index (χ1) is 6.16. The number of hydrogen-bond acceptors (Lipinski definition) is 2. The number of amidine groups is 1. The zero-order chi connectivity index (χ0) is 9.42. The first kappa shape index (κ1) is 11.3. The van der Waals surface area contributed by atoms with E-state index in [9.17, 15) is 0 Å². The number of nitrogens with one attached hydrogen (secondary N) is 1. The van der Waals surface area contributed by atoms with E-state index in [4.69, 9.17) is 22.7 Å². The van der Waals surface area contributed by atoms with Gasteiger partial charge >= 0.3 is 0 Å². The van der Waals surface area contributed by atoms with Crippen molar-refractivity contribution in [1.29, 1.82) is 5.41 Å². The molecule has 0 aliphatic carbocycles. The molecular formula is C9H8Cl2N2S. The largest absolute Gasteiger partial charge is 0.383 e. The van der Waals surface area contributed by atoms with Gasteiger partial charge in [0.05, 0.1) is 4.88 Å². The number of fused-ring (bicyclic) bond motifs is 1. The van der Waals surface area contributed by atoms with E-state index in [0.29, 0.717) is 5.02 Å². The summed E-state index contributed by atoms with van der Waals surface area (Å²) in [5.74, 6) is 0.109. The van der Waals surface area contributed by atoms with E-state index in [1.807, 2.05) is 24.3 Å². The average molecular weight is 247 g/mol. The smallest absolute Gasteiger partial charge is 0.133 e. The van der Waals surface area contributed by atoms with Gasteiger partial charge in [-0.15, -0.1) is 23.7 Å². The van der Waals surface area contributed by atoms with Gasteiger partial charge in [-0.25, -0.2) is 0 Å². The second-order valence-corrected chi connectivity index (χ2v) is 4.23. The van der Waals surface area contributed by atoms with Crippen LogP contribution in [0.4, 0.5) is 0 Å². The number of nitrogen functional groups attached to an aromatic ring is 1. The molecule has 0 saturated carbocycles. The van der Waals surface area contributed by atoms with Gasteiger partial charge in [0.1, 0.15) is 5.84 Å². The van der Waals surface area contributed by atoms with Crippen molar-refractivity contribution in [2.75, 3.05) is 0 Å². The number of benzene rings is 1. The van der Waals surface area contributed by atoms with Gasteiger partial charge in [-0.1, -0.05) is 11.6 Å². The van der Waals surface area contributed by atoms with Crippen LogP contribution in [0, 0.1) is 5.41 Å². The topological polar surface area (TPSA) is 49.9 Å². The normalized spacial score (nSPS) is 9.79. The number of rotatable bonds is 1. The summed E-state index contributed by atoms with van der Waals surface area (Å²) in [5, 5.41) is 9.03. The quantitative estimate of drug-likeness (QED) is 0.589. The van der Waals surface area contributed by atoms with Crippen molar-refractivity contribution >= 4 is 51.3 Å². The Labute approximate surface area is 96.6 Å². The Bertz CT molecular complexity index is 479. The number of hydrogen-bond donors (Lipinski definition) is 2. The summed E-state index contributed by atoms with van der Waals surface area (Å²) in [6.07, 6.45) is 0. The van der Waals surface area contributed by atoms with Crippen LogP contribution in [0.2, 0.25) is 5.02 Å². The third-order valence-corrected chi connectivity index (χ3v) is 3.13. The fraction of sp³-hybridized carbons (Fsp3) is 0. The van der Waals surface area contributed by atoms with Crippen LogP contribution in [-0.2, 0) is 0 Å². The predicted octanol–water partition coefficient (Wildman–Crippen LogP) is 3.26. The van der Waals surface area contributed by atoms with Gasteiger partial charge in [0, 0.05) is 9.72 Å². The van der Waals surface area contributed by atoms with Gasteiger partial charge < -0.3 is 5.73 Å². The summed E-state index contributed by atoms with van der Waals surface area (Å²) >= 11 is 7.33. The van der Waals surface area contributed by atoms with E-state index in [1.165, 1.54) is 11.3 Å². The molecule has 2 aromatic rings. The summed E-state index contributed by atoms with van der Waals surface area (Å²) in [7, 11) is 0. The van der Waals surface area contributed by atoms with E-state index >= 15 is 0 Å². The highest BCUT2D eigenvalue weighted by Gasteiger charge is 2.03. The van der Waals surface area contributed by atoms with Gasteiger partial charge in [0.25, 0.3) is 0 Å². The second kappa shape index (κ2) is 4.17. The molecule has 0 fully saturated rings. The van der Waals surface area contributed by atoms with E-state index in [1.54, 1.807) is 0 Å². The average Bonchev–Trinajstić information content (AvgIpc) is 2.46. The van der Waals surface area contributed by atoms with Gasteiger partial charge in [-0.05, 0) is 29.7 Å². The van der Waals surface area contributed by atoms with Crippen LogP contribution < -0.4 is 5.73 Å². The van der Waals surface area contributed by atoms with Crippen molar-refractivity contribution in [3.63, 3.8) is 0 Å². The third-order valence-electron chi connectivity index (χ3n) is 1.74.